The first kappa shape index (κ1) is 11.8. The van der Waals surface area contributed by atoms with Gasteiger partial charge in [-0.1, -0.05) is 13.0 Å². The van der Waals surface area contributed by atoms with Crippen LogP contribution in [0.25, 0.3) is 10.9 Å². The van der Waals surface area contributed by atoms with Crippen LogP contribution in [0.15, 0.2) is 30.5 Å². The van der Waals surface area contributed by atoms with Gasteiger partial charge in [-0.25, -0.2) is 0 Å². The molecule has 1 unspecified atom stereocenters. The highest BCUT2D eigenvalue weighted by Crippen LogP contribution is 2.21. The molecule has 3 nitrogen and oxygen atoms in total. The number of hydrogen-bond donors (Lipinski definition) is 2. The molecule has 2 N–H and O–H groups in total. The molecule has 0 aliphatic carbocycles. The molecule has 1 fully saturated rings. The minimum atomic E-state index is 0.599. The van der Waals surface area contributed by atoms with E-state index in [9.17, 15) is 0 Å². The molecule has 1 aliphatic heterocycles. The second-order valence-corrected chi connectivity index (χ2v) is 5.28. The molecule has 0 saturated carbocycles. The molecule has 3 rings (SSSR count). The van der Waals surface area contributed by atoms with Crippen molar-refractivity contribution in [3.8, 4) is 0 Å². The molecular weight excluding hydrogens is 222 g/mol. The molecular formula is C15H21N3. The molecule has 0 radical (unpaired) electrons. The lowest BCUT2D eigenvalue weighted by Gasteiger charge is -2.29. The Morgan fingerprint density at radius 1 is 1.22 bits per heavy atom. The first-order valence-corrected chi connectivity index (χ1v) is 6.83. The minimum Gasteiger partial charge on any atom is -0.361 e. The smallest absolute Gasteiger partial charge is 0.0454 e. The summed E-state index contributed by atoms with van der Waals surface area (Å²) in [7, 11) is 0. The number of piperazine rings is 1. The summed E-state index contributed by atoms with van der Waals surface area (Å²) in [6.45, 7) is 8.11. The Morgan fingerprint density at radius 2 is 2.06 bits per heavy atom. The first-order valence-electron chi connectivity index (χ1n) is 6.83. The third-order valence-corrected chi connectivity index (χ3v) is 3.89. The molecule has 2 aromatic rings. The van der Waals surface area contributed by atoms with Gasteiger partial charge in [-0.15, -0.1) is 0 Å². The molecule has 0 spiro atoms. The predicted octanol–water partition coefficient (Wildman–Crippen LogP) is 2.18. The van der Waals surface area contributed by atoms with Gasteiger partial charge < -0.3 is 15.2 Å². The maximum absolute atomic E-state index is 3.40. The summed E-state index contributed by atoms with van der Waals surface area (Å²) in [5.74, 6) is 0.599. The van der Waals surface area contributed by atoms with Gasteiger partial charge in [-0.2, -0.15) is 0 Å². The average molecular weight is 243 g/mol. The van der Waals surface area contributed by atoms with Crippen LogP contribution in [0.4, 0.5) is 0 Å². The van der Waals surface area contributed by atoms with Gasteiger partial charge in [0.05, 0.1) is 0 Å². The second kappa shape index (κ2) is 5.12. The SMILES string of the molecule is CC(CN1CCNCC1)c1ccc2[nH]ccc2c1. The summed E-state index contributed by atoms with van der Waals surface area (Å²) in [6, 6.07) is 8.92. The largest absolute Gasteiger partial charge is 0.361 e. The van der Waals surface area contributed by atoms with Gasteiger partial charge in [0.1, 0.15) is 0 Å². The lowest BCUT2D eigenvalue weighted by Crippen LogP contribution is -2.44. The van der Waals surface area contributed by atoms with Gasteiger partial charge in [-0.3, -0.25) is 0 Å². The van der Waals surface area contributed by atoms with E-state index in [1.54, 1.807) is 0 Å². The average Bonchev–Trinajstić information content (AvgIpc) is 2.87. The van der Waals surface area contributed by atoms with Crippen molar-refractivity contribution in [3.63, 3.8) is 0 Å². The van der Waals surface area contributed by atoms with E-state index in [1.807, 2.05) is 6.20 Å². The summed E-state index contributed by atoms with van der Waals surface area (Å²) in [5.41, 5.74) is 2.67. The van der Waals surface area contributed by atoms with Crippen molar-refractivity contribution in [2.24, 2.45) is 0 Å². The van der Waals surface area contributed by atoms with Gasteiger partial charge in [0.25, 0.3) is 0 Å². The number of aromatic nitrogens is 1. The molecule has 96 valence electrons. The van der Waals surface area contributed by atoms with Gasteiger partial charge in [0, 0.05) is 44.4 Å². The molecule has 18 heavy (non-hydrogen) atoms. The molecule has 1 atom stereocenters. The Kier molecular flexibility index (Phi) is 3.35. The fraction of sp³-hybridized carbons (Fsp3) is 0.467. The van der Waals surface area contributed by atoms with Crippen LogP contribution in [-0.2, 0) is 0 Å². The quantitative estimate of drug-likeness (QED) is 0.865. The molecule has 1 saturated heterocycles. The van der Waals surface area contributed by atoms with Crippen molar-refractivity contribution in [2.75, 3.05) is 32.7 Å². The molecule has 2 heterocycles. The van der Waals surface area contributed by atoms with Gasteiger partial charge in [-0.05, 0) is 35.1 Å². The number of benzene rings is 1. The van der Waals surface area contributed by atoms with Gasteiger partial charge in [0.2, 0.25) is 0 Å². The Hall–Kier alpha value is -1.32. The molecule has 1 aromatic heterocycles. The summed E-state index contributed by atoms with van der Waals surface area (Å²) in [4.78, 5) is 5.81. The monoisotopic (exact) mass is 243 g/mol. The molecule has 3 heteroatoms. The third-order valence-electron chi connectivity index (χ3n) is 3.89. The van der Waals surface area contributed by atoms with E-state index < -0.39 is 0 Å². The van der Waals surface area contributed by atoms with Crippen LogP contribution in [0.2, 0.25) is 0 Å². The zero-order chi connectivity index (χ0) is 12.4. The number of aromatic amines is 1. The van der Waals surface area contributed by atoms with E-state index in [4.69, 9.17) is 0 Å². The highest BCUT2D eigenvalue weighted by atomic mass is 15.2. The van der Waals surface area contributed by atoms with Crippen LogP contribution in [0.3, 0.4) is 0 Å². The summed E-state index contributed by atoms with van der Waals surface area (Å²) in [5, 5.41) is 4.72. The third kappa shape index (κ3) is 2.42. The number of nitrogens with zero attached hydrogens (tertiary/aromatic N) is 1. The van der Waals surface area contributed by atoms with Crippen molar-refractivity contribution >= 4 is 10.9 Å². The van der Waals surface area contributed by atoms with E-state index in [0.29, 0.717) is 5.92 Å². The van der Waals surface area contributed by atoms with Gasteiger partial charge >= 0.3 is 0 Å². The Bertz CT molecular complexity index is 511. The number of hydrogen-bond acceptors (Lipinski definition) is 2. The van der Waals surface area contributed by atoms with E-state index >= 15 is 0 Å². The number of rotatable bonds is 3. The number of fused-ring (bicyclic) bond motifs is 1. The maximum Gasteiger partial charge on any atom is 0.0454 e. The zero-order valence-electron chi connectivity index (χ0n) is 10.9. The zero-order valence-corrected chi connectivity index (χ0v) is 10.9. The van der Waals surface area contributed by atoms with E-state index in [0.717, 1.165) is 19.6 Å². The van der Waals surface area contributed by atoms with Crippen LogP contribution < -0.4 is 5.32 Å². The van der Waals surface area contributed by atoms with Crippen molar-refractivity contribution in [1.29, 1.82) is 0 Å². The lowest BCUT2D eigenvalue weighted by atomic mass is 9.99. The Morgan fingerprint density at radius 3 is 2.89 bits per heavy atom. The normalized spacial score (nSPS) is 19.2. The number of H-pyrrole nitrogens is 1. The topological polar surface area (TPSA) is 31.1 Å². The minimum absolute atomic E-state index is 0.599. The standard InChI is InChI=1S/C15H21N3/c1-12(11-18-8-6-16-7-9-18)13-2-3-15-14(10-13)4-5-17-15/h2-5,10,12,16-17H,6-9,11H2,1H3. The summed E-state index contributed by atoms with van der Waals surface area (Å²) >= 11 is 0. The lowest BCUT2D eigenvalue weighted by molar-refractivity contribution is 0.230. The molecule has 1 aliphatic rings. The summed E-state index contributed by atoms with van der Waals surface area (Å²) < 4.78 is 0. The Balaban J connectivity index is 1.72. The van der Waals surface area contributed by atoms with E-state index in [2.05, 4.69) is 46.4 Å². The van der Waals surface area contributed by atoms with Crippen molar-refractivity contribution in [3.05, 3.63) is 36.0 Å². The van der Waals surface area contributed by atoms with Crippen LogP contribution >= 0.6 is 0 Å². The van der Waals surface area contributed by atoms with Crippen molar-refractivity contribution < 1.29 is 0 Å². The van der Waals surface area contributed by atoms with Crippen molar-refractivity contribution in [2.45, 2.75) is 12.8 Å². The molecule has 1 aromatic carbocycles. The second-order valence-electron chi connectivity index (χ2n) is 5.28. The highest BCUT2D eigenvalue weighted by molar-refractivity contribution is 5.80. The van der Waals surface area contributed by atoms with E-state index in [-0.39, 0.29) is 0 Å². The summed E-state index contributed by atoms with van der Waals surface area (Å²) in [6.07, 6.45) is 2.01. The predicted molar refractivity (Wildman–Crippen MR) is 76.0 cm³/mol. The first-order chi connectivity index (χ1) is 8.83. The highest BCUT2D eigenvalue weighted by Gasteiger charge is 2.14. The Labute approximate surface area is 108 Å². The molecule has 0 bridgehead atoms. The fourth-order valence-corrected chi connectivity index (χ4v) is 2.76. The number of nitrogens with one attached hydrogen (secondary N) is 2. The molecule has 0 amide bonds. The fourth-order valence-electron chi connectivity index (χ4n) is 2.76. The van der Waals surface area contributed by atoms with Gasteiger partial charge in [0.15, 0.2) is 0 Å². The van der Waals surface area contributed by atoms with Crippen LogP contribution in [0.5, 0.6) is 0 Å². The van der Waals surface area contributed by atoms with Crippen molar-refractivity contribution in [1.82, 2.24) is 15.2 Å². The van der Waals surface area contributed by atoms with Crippen LogP contribution in [0.1, 0.15) is 18.4 Å². The van der Waals surface area contributed by atoms with E-state index in [1.165, 1.54) is 29.6 Å². The van der Waals surface area contributed by atoms with Crippen LogP contribution in [0, 0.1) is 0 Å². The van der Waals surface area contributed by atoms with Crippen LogP contribution in [-0.4, -0.2) is 42.6 Å². The maximum atomic E-state index is 3.40.